The predicted octanol–water partition coefficient (Wildman–Crippen LogP) is -18.0. The number of carbonyl (C=O) groups excluding carboxylic acids is 4. The fraction of sp³-hybridized carbons (Fsp3) is 0.905. The van der Waals surface area contributed by atoms with Gasteiger partial charge in [-0.3, -0.25) is 19.2 Å². The summed E-state index contributed by atoms with van der Waals surface area (Å²) in [6, 6.07) is -5.04. The van der Waals surface area contributed by atoms with Crippen LogP contribution >= 0.6 is 0 Å². The molecule has 8 fully saturated rings. The van der Waals surface area contributed by atoms with E-state index in [1.165, 1.54) is 6.92 Å². The van der Waals surface area contributed by atoms with Crippen molar-refractivity contribution in [2.45, 2.75) is 299 Å². The Morgan fingerprint density at radius 3 is 1.15 bits per heavy atom. The number of hydrogen-bond acceptors (Lipinski definition) is 45. The molecule has 4 amide bonds. The third kappa shape index (κ3) is 21.3. The zero-order valence-electron chi connectivity index (χ0n) is 60.7. The first-order chi connectivity index (χ1) is 52.9. The molecule has 0 aromatic carbocycles. The number of nitrogens with one attached hydrogen (secondary N) is 4. The molecule has 0 spiro atoms. The summed E-state index contributed by atoms with van der Waals surface area (Å²) in [5.74, 6) is -4.84. The van der Waals surface area contributed by atoms with Gasteiger partial charge >= 0.3 is 0 Å². The molecule has 0 aliphatic carbocycles. The van der Waals surface area contributed by atoms with Crippen LogP contribution in [0.15, 0.2) is 11.5 Å². The number of carbonyl (C=O) groups is 4. The lowest BCUT2D eigenvalue weighted by atomic mass is 9.92. The summed E-state index contributed by atoms with van der Waals surface area (Å²) in [5.41, 5.74) is -1.09. The summed E-state index contributed by atoms with van der Waals surface area (Å²) in [5, 5.41) is 286. The van der Waals surface area contributed by atoms with Gasteiger partial charge in [0.05, 0.1) is 65.0 Å². The molecule has 0 aromatic rings. The lowest BCUT2D eigenvalue weighted by molar-refractivity contribution is -0.397. The standard InChI is InChI=1S/C63H106N4O45/c1-16-30(64-17(2)76)40(86)50(26(12-73)98-16)108-57-32(66-19(4)78)41(87)52(28(14-75)104-57)110-61-49(95)53(111-63-55(46(92)38(84)25(11-72)103-63)112-58-33(67-20(5)79)42(88)51(27(13-74)105-58)109-60-48(94)44(90)36(82)23(9-70)101-60)39(85)29(106-61)15-97-62-54(45(91)37(83)24(10-71)102-62)107-56(96)31(65-18(3)77)34(80)21(6-7-68)99-59-47(93)43(89)35(81)22(8-69)100-59/h16,21-30,32-33,35-63,68-75,80-96H,6-15H2,1-5H3,(H,64,76)(H,65,77)(H,66,78)(H,67,79)/b34-31-/t16-,21+,22?,23?,24?,25?,26?,27?,28?,29?,30?,32?,33?,35-,36-,37+,38+,39+,40?,41?,42?,43?,44?,45?,46?,47?,48?,49?,50+,51+,52+,53?,54?,55?,56-,57-,58-,59+,60-,61-,62-,63+/m0/s1. The number of aliphatic hydroxyl groups is 25. The van der Waals surface area contributed by atoms with Crippen molar-refractivity contribution in [2.75, 3.05) is 59.5 Å². The van der Waals surface area contributed by atoms with Gasteiger partial charge in [-0.15, -0.1) is 0 Å². The average Bonchev–Trinajstić information content (AvgIpc) is 0.768. The molecular formula is C63H106N4O45. The lowest BCUT2D eigenvalue weighted by Gasteiger charge is -2.51. The first-order valence-electron chi connectivity index (χ1n) is 35.7. The number of rotatable bonds is 32. The van der Waals surface area contributed by atoms with Gasteiger partial charge in [0, 0.05) is 40.7 Å². The minimum Gasteiger partial charge on any atom is -0.507 e. The molecule has 0 bridgehead atoms. The van der Waals surface area contributed by atoms with Crippen LogP contribution in [0.2, 0.25) is 0 Å². The van der Waals surface area contributed by atoms with Crippen LogP contribution in [0.25, 0.3) is 0 Å². The maximum absolute atomic E-state index is 13.0. The van der Waals surface area contributed by atoms with E-state index in [-0.39, 0.29) is 0 Å². The van der Waals surface area contributed by atoms with Crippen LogP contribution in [0, 0.1) is 0 Å². The molecule has 0 radical (unpaired) electrons. The smallest absolute Gasteiger partial charge is 0.221 e. The Hall–Kier alpha value is -4.18. The van der Waals surface area contributed by atoms with E-state index in [0.717, 1.165) is 27.7 Å². The molecule has 8 aliphatic heterocycles. The molecule has 8 rings (SSSR count). The summed E-state index contributed by atoms with van der Waals surface area (Å²) in [4.78, 5) is 50.9. The molecule has 8 saturated heterocycles. The predicted molar refractivity (Wildman–Crippen MR) is 349 cm³/mol. The van der Waals surface area contributed by atoms with Gasteiger partial charge in [0.25, 0.3) is 0 Å². The van der Waals surface area contributed by atoms with Gasteiger partial charge in [-0.05, 0) is 6.92 Å². The minimum atomic E-state index is -2.77. The Morgan fingerprint density at radius 1 is 0.339 bits per heavy atom. The maximum Gasteiger partial charge on any atom is 0.221 e. The van der Waals surface area contributed by atoms with Crippen LogP contribution < -0.4 is 21.3 Å². The molecule has 49 nitrogen and oxygen atoms in total. The van der Waals surface area contributed by atoms with Gasteiger partial charge < -0.3 is 225 Å². The molecule has 29 N–H and O–H groups in total. The number of ether oxygens (including phenoxy) is 16. The third-order valence-electron chi connectivity index (χ3n) is 19.9. The van der Waals surface area contributed by atoms with Crippen molar-refractivity contribution in [3.8, 4) is 0 Å². The lowest BCUT2D eigenvalue weighted by Crippen LogP contribution is -2.71. The Bertz CT molecular complexity index is 3000. The first-order valence-corrected chi connectivity index (χ1v) is 35.7. The van der Waals surface area contributed by atoms with E-state index in [0.29, 0.717) is 0 Å². The highest BCUT2D eigenvalue weighted by atomic mass is 16.8. The van der Waals surface area contributed by atoms with Crippen LogP contribution in [0.4, 0.5) is 0 Å². The molecule has 648 valence electrons. The Morgan fingerprint density at radius 2 is 0.696 bits per heavy atom. The van der Waals surface area contributed by atoms with E-state index in [2.05, 4.69) is 21.3 Å². The Kier molecular flexibility index (Phi) is 34.6. The van der Waals surface area contributed by atoms with Gasteiger partial charge in [-0.2, -0.15) is 0 Å². The van der Waals surface area contributed by atoms with Gasteiger partial charge in [-0.25, -0.2) is 0 Å². The molecule has 49 heteroatoms. The summed E-state index contributed by atoms with van der Waals surface area (Å²) < 4.78 is 94.3. The highest BCUT2D eigenvalue weighted by molar-refractivity contribution is 5.75. The molecule has 112 heavy (non-hydrogen) atoms. The van der Waals surface area contributed by atoms with Crippen molar-refractivity contribution in [1.29, 1.82) is 0 Å². The SMILES string of the molecule is CC(=O)N/C(=C(\O)[C@@H](CCO)O[C@@H]1OC(CO)[C@H](O)C(O)C1O)[C@@H](O)OC1C(O)[C@H](O)C(CO)O[C@@H]1OCC1O[C@@H](O[C@@H]2C(CO)O[C@@H](O[C@@H]3C(CO)O[C@@H](C)C(NC(C)=O)C3O)C(NC(C)=O)C2O)C(O)C(O[C@H]2OC(CO)[C@@H](O)C(O)C2O[C@@H]2OC(CO)[C@@H](O[C@@H]3OC(CO)[C@H](O)C(O)C3O)C(O)C2NC(C)=O)[C@@H]1O. The second-order valence-electron chi connectivity index (χ2n) is 27.9. The number of hydrogen-bond donors (Lipinski definition) is 29. The largest absolute Gasteiger partial charge is 0.507 e. The van der Waals surface area contributed by atoms with Crippen molar-refractivity contribution in [3.63, 3.8) is 0 Å². The quantitative estimate of drug-likeness (QED) is 0.0220. The van der Waals surface area contributed by atoms with E-state index in [1.807, 2.05) is 0 Å². The van der Waals surface area contributed by atoms with E-state index in [1.54, 1.807) is 0 Å². The topological polar surface area (TPSA) is 770 Å². The number of aliphatic hydroxyl groups excluding tert-OH is 25. The van der Waals surface area contributed by atoms with Crippen molar-refractivity contribution >= 4 is 23.6 Å². The van der Waals surface area contributed by atoms with E-state index in [9.17, 15) is 147 Å². The summed E-state index contributed by atoms with van der Waals surface area (Å²) >= 11 is 0. The first kappa shape index (κ1) is 93.3. The average molecular weight is 1640 g/mol. The fourth-order valence-electron chi connectivity index (χ4n) is 14.0. The second-order valence-corrected chi connectivity index (χ2v) is 27.9. The molecule has 8 heterocycles. The maximum atomic E-state index is 13.0. The molecule has 24 unspecified atom stereocenters. The highest BCUT2D eigenvalue weighted by Crippen LogP contribution is 2.39. The monoisotopic (exact) mass is 1640 g/mol. The Labute approximate surface area is 635 Å². The second kappa shape index (κ2) is 41.5. The zero-order valence-corrected chi connectivity index (χ0v) is 60.7. The minimum absolute atomic E-state index is 0.634. The highest BCUT2D eigenvalue weighted by Gasteiger charge is 2.60. The van der Waals surface area contributed by atoms with Gasteiger partial charge in [0.2, 0.25) is 29.9 Å². The van der Waals surface area contributed by atoms with E-state index < -0.39 is 359 Å². The van der Waals surface area contributed by atoms with E-state index in [4.69, 9.17) is 75.8 Å². The Balaban J connectivity index is 1.15. The van der Waals surface area contributed by atoms with Crippen LogP contribution in [-0.4, -0.2) is 468 Å². The van der Waals surface area contributed by atoms with Gasteiger partial charge in [0.15, 0.2) is 44.0 Å². The third-order valence-corrected chi connectivity index (χ3v) is 19.9. The van der Waals surface area contributed by atoms with Crippen molar-refractivity contribution in [1.82, 2.24) is 21.3 Å². The summed E-state index contributed by atoms with van der Waals surface area (Å²) in [6.07, 6.45) is -81.4. The molecule has 42 atom stereocenters. The number of amides is 4. The van der Waals surface area contributed by atoms with Crippen LogP contribution in [0.5, 0.6) is 0 Å². The molecule has 0 saturated carbocycles. The van der Waals surface area contributed by atoms with Crippen LogP contribution in [0.3, 0.4) is 0 Å². The van der Waals surface area contributed by atoms with Crippen molar-refractivity contribution in [3.05, 3.63) is 11.5 Å². The fourth-order valence-corrected chi connectivity index (χ4v) is 14.0. The molecule has 0 aromatic heterocycles. The normalized spacial score (nSPS) is 45.6. The van der Waals surface area contributed by atoms with Crippen molar-refractivity contribution in [2.24, 2.45) is 0 Å². The summed E-state index contributed by atoms with van der Waals surface area (Å²) in [7, 11) is 0. The zero-order chi connectivity index (χ0) is 82.9. The van der Waals surface area contributed by atoms with E-state index >= 15 is 0 Å². The molecular weight excluding hydrogens is 1530 g/mol. The van der Waals surface area contributed by atoms with Crippen LogP contribution in [0.1, 0.15) is 41.0 Å². The van der Waals surface area contributed by atoms with Gasteiger partial charge in [-0.1, -0.05) is 0 Å². The van der Waals surface area contributed by atoms with Crippen molar-refractivity contribution < 1.29 is 223 Å². The van der Waals surface area contributed by atoms with Crippen LogP contribution in [-0.2, 0) is 95.0 Å². The molecule has 8 aliphatic rings. The van der Waals surface area contributed by atoms with Gasteiger partial charge in [0.1, 0.15) is 207 Å². The summed E-state index contributed by atoms with van der Waals surface area (Å²) in [6.45, 7) is -4.20.